The van der Waals surface area contributed by atoms with Gasteiger partial charge in [0.05, 0.1) is 12.2 Å². The van der Waals surface area contributed by atoms with E-state index in [9.17, 15) is 15.0 Å². The first-order valence-electron chi connectivity index (χ1n) is 5.80. The van der Waals surface area contributed by atoms with Crippen LogP contribution in [0.1, 0.15) is 39.5 Å². The van der Waals surface area contributed by atoms with E-state index < -0.39 is 29.8 Å². The number of primary amides is 1. The van der Waals surface area contributed by atoms with E-state index >= 15 is 0 Å². The molecule has 1 amide bonds. The number of carbonyl (C=O) groups is 1. The van der Waals surface area contributed by atoms with Gasteiger partial charge in [-0.1, -0.05) is 26.2 Å². The van der Waals surface area contributed by atoms with E-state index in [1.54, 1.807) is 0 Å². The first-order chi connectivity index (χ1) is 7.46. The molecular formula is C11H21NO4. The van der Waals surface area contributed by atoms with Crippen LogP contribution in [0.15, 0.2) is 0 Å². The summed E-state index contributed by atoms with van der Waals surface area (Å²) in [6, 6.07) is 0. The Balaban J connectivity index is 2.56. The topological polar surface area (TPSA) is 96.1 Å². The van der Waals surface area contributed by atoms with Crippen molar-refractivity contribution in [3.8, 4) is 0 Å². The number of ether oxygens (including phenoxy) is 1. The molecule has 1 aliphatic heterocycles. The van der Waals surface area contributed by atoms with E-state index in [1.807, 2.05) is 0 Å². The zero-order chi connectivity index (χ0) is 12.3. The Hall–Kier alpha value is -0.650. The molecule has 0 bridgehead atoms. The lowest BCUT2D eigenvalue weighted by Gasteiger charge is -2.17. The van der Waals surface area contributed by atoms with Crippen molar-refractivity contribution < 1.29 is 19.7 Å². The number of nitrogens with two attached hydrogens (primary N) is 1. The summed E-state index contributed by atoms with van der Waals surface area (Å²) < 4.78 is 5.15. The third kappa shape index (κ3) is 2.36. The van der Waals surface area contributed by atoms with E-state index in [0.717, 1.165) is 19.3 Å². The lowest BCUT2D eigenvalue weighted by atomic mass is 9.91. The molecule has 5 heteroatoms. The summed E-state index contributed by atoms with van der Waals surface area (Å²) in [7, 11) is 0. The summed E-state index contributed by atoms with van der Waals surface area (Å²) in [6.07, 6.45) is 0.941. The van der Waals surface area contributed by atoms with Crippen molar-refractivity contribution in [1.29, 1.82) is 0 Å². The van der Waals surface area contributed by atoms with E-state index in [0.29, 0.717) is 6.42 Å². The predicted molar refractivity (Wildman–Crippen MR) is 58.6 cm³/mol. The van der Waals surface area contributed by atoms with Gasteiger partial charge in [-0.15, -0.1) is 0 Å². The Morgan fingerprint density at radius 2 is 2.12 bits per heavy atom. The van der Waals surface area contributed by atoms with Gasteiger partial charge in [-0.3, -0.25) is 4.79 Å². The van der Waals surface area contributed by atoms with E-state index in [-0.39, 0.29) is 0 Å². The largest absolute Gasteiger partial charge is 0.391 e. The number of amides is 1. The summed E-state index contributed by atoms with van der Waals surface area (Å²) in [6.45, 7) is 3.58. The number of carbonyl (C=O) groups excluding carboxylic acids is 1. The average Bonchev–Trinajstić information content (AvgIpc) is 2.94. The maximum Gasteiger partial charge on any atom is 0.255 e. The third-order valence-electron chi connectivity index (χ3n) is 3.09. The first kappa shape index (κ1) is 13.4. The molecule has 16 heavy (non-hydrogen) atoms. The molecule has 0 radical (unpaired) electrons. The van der Waals surface area contributed by atoms with Crippen LogP contribution in [-0.4, -0.2) is 40.0 Å². The van der Waals surface area contributed by atoms with E-state index in [1.165, 1.54) is 6.92 Å². The standard InChI is InChI=1S/C11H21NO4/c1-3-4-5-6-8(14)11(10(12)15)9(16-11)7(2)13/h7-9,13-14H,3-6H2,1-2H3,(H2,12,15)/t7-,8?,9-,11-/m0/s1. The smallest absolute Gasteiger partial charge is 0.255 e. The van der Waals surface area contributed by atoms with Gasteiger partial charge in [0.1, 0.15) is 6.10 Å². The van der Waals surface area contributed by atoms with Gasteiger partial charge in [0.2, 0.25) is 5.60 Å². The minimum absolute atomic E-state index is 0.472. The van der Waals surface area contributed by atoms with Crippen LogP contribution in [-0.2, 0) is 9.53 Å². The number of aliphatic hydroxyl groups is 2. The highest BCUT2D eigenvalue weighted by atomic mass is 16.6. The Kier molecular flexibility index (Phi) is 4.29. The molecule has 0 spiro atoms. The fourth-order valence-corrected chi connectivity index (χ4v) is 2.07. The van der Waals surface area contributed by atoms with Crippen molar-refractivity contribution in [2.75, 3.05) is 0 Å². The summed E-state index contributed by atoms with van der Waals surface area (Å²) in [5.41, 5.74) is 3.87. The van der Waals surface area contributed by atoms with Crippen LogP contribution in [0.2, 0.25) is 0 Å². The molecule has 1 aliphatic rings. The number of unbranched alkanes of at least 4 members (excludes halogenated alkanes) is 2. The first-order valence-corrected chi connectivity index (χ1v) is 5.80. The third-order valence-corrected chi connectivity index (χ3v) is 3.09. The number of hydrogen-bond acceptors (Lipinski definition) is 4. The van der Waals surface area contributed by atoms with Gasteiger partial charge in [0, 0.05) is 0 Å². The van der Waals surface area contributed by atoms with Gasteiger partial charge in [-0.25, -0.2) is 0 Å². The molecule has 0 aromatic carbocycles. The summed E-state index contributed by atoms with van der Waals surface area (Å²) in [5.74, 6) is -0.692. The lowest BCUT2D eigenvalue weighted by molar-refractivity contribution is -0.127. The average molecular weight is 231 g/mol. The zero-order valence-electron chi connectivity index (χ0n) is 9.85. The molecule has 0 saturated carbocycles. The Morgan fingerprint density at radius 1 is 1.50 bits per heavy atom. The molecule has 4 N–H and O–H groups in total. The minimum Gasteiger partial charge on any atom is -0.391 e. The molecule has 0 aliphatic carbocycles. The summed E-state index contributed by atoms with van der Waals surface area (Å²) in [4.78, 5) is 11.3. The second kappa shape index (κ2) is 5.12. The number of aliphatic hydroxyl groups excluding tert-OH is 2. The highest BCUT2D eigenvalue weighted by Crippen LogP contribution is 2.43. The highest BCUT2D eigenvalue weighted by Gasteiger charge is 2.67. The molecule has 1 saturated heterocycles. The highest BCUT2D eigenvalue weighted by molar-refractivity contribution is 5.88. The summed E-state index contributed by atoms with van der Waals surface area (Å²) in [5, 5.41) is 19.3. The minimum atomic E-state index is -1.36. The lowest BCUT2D eigenvalue weighted by Crippen LogP contribution is -2.46. The van der Waals surface area contributed by atoms with Gasteiger partial charge < -0.3 is 20.7 Å². The van der Waals surface area contributed by atoms with Crippen LogP contribution in [0.25, 0.3) is 0 Å². The Bertz CT molecular complexity index is 256. The van der Waals surface area contributed by atoms with Gasteiger partial charge >= 0.3 is 0 Å². The maximum absolute atomic E-state index is 11.3. The fourth-order valence-electron chi connectivity index (χ4n) is 2.07. The van der Waals surface area contributed by atoms with Crippen LogP contribution in [0.5, 0.6) is 0 Å². The Labute approximate surface area is 95.6 Å². The molecule has 1 fully saturated rings. The molecule has 0 aromatic heterocycles. The second-order valence-corrected chi connectivity index (χ2v) is 4.45. The van der Waals surface area contributed by atoms with Crippen molar-refractivity contribution in [2.24, 2.45) is 5.73 Å². The number of hydrogen-bond donors (Lipinski definition) is 3. The predicted octanol–water partition coefficient (Wildman–Crippen LogP) is -0.0687. The zero-order valence-corrected chi connectivity index (χ0v) is 9.85. The molecule has 5 nitrogen and oxygen atoms in total. The van der Waals surface area contributed by atoms with Gasteiger partial charge in [0.25, 0.3) is 5.91 Å². The van der Waals surface area contributed by atoms with Crippen molar-refractivity contribution in [2.45, 2.75) is 63.4 Å². The van der Waals surface area contributed by atoms with E-state index in [2.05, 4.69) is 6.92 Å². The van der Waals surface area contributed by atoms with Gasteiger partial charge in [-0.05, 0) is 13.3 Å². The summed E-state index contributed by atoms with van der Waals surface area (Å²) >= 11 is 0. The number of epoxide rings is 1. The quantitative estimate of drug-likeness (QED) is 0.422. The van der Waals surface area contributed by atoms with Crippen LogP contribution < -0.4 is 5.73 Å². The normalized spacial score (nSPS) is 32.1. The molecule has 1 unspecified atom stereocenters. The van der Waals surface area contributed by atoms with Crippen molar-refractivity contribution >= 4 is 5.91 Å². The van der Waals surface area contributed by atoms with Crippen LogP contribution in [0.3, 0.4) is 0 Å². The maximum atomic E-state index is 11.3. The molecule has 4 atom stereocenters. The van der Waals surface area contributed by atoms with Gasteiger partial charge in [-0.2, -0.15) is 0 Å². The van der Waals surface area contributed by atoms with Crippen molar-refractivity contribution in [3.05, 3.63) is 0 Å². The molecule has 1 heterocycles. The molecule has 94 valence electrons. The van der Waals surface area contributed by atoms with Gasteiger partial charge in [0.15, 0.2) is 0 Å². The van der Waals surface area contributed by atoms with Crippen LogP contribution >= 0.6 is 0 Å². The molecular weight excluding hydrogens is 210 g/mol. The van der Waals surface area contributed by atoms with Crippen molar-refractivity contribution in [1.82, 2.24) is 0 Å². The van der Waals surface area contributed by atoms with Crippen molar-refractivity contribution in [3.63, 3.8) is 0 Å². The number of rotatable bonds is 7. The fraction of sp³-hybridized carbons (Fsp3) is 0.909. The SMILES string of the molecule is CCCCCC(O)[C@]1(C(N)=O)O[C@H]1[C@H](C)O. The Morgan fingerprint density at radius 3 is 2.50 bits per heavy atom. The molecule has 1 rings (SSSR count). The molecule has 0 aromatic rings. The second-order valence-electron chi connectivity index (χ2n) is 4.45. The van der Waals surface area contributed by atoms with Crippen LogP contribution in [0, 0.1) is 0 Å². The monoisotopic (exact) mass is 231 g/mol. The van der Waals surface area contributed by atoms with Crippen LogP contribution in [0.4, 0.5) is 0 Å². The van der Waals surface area contributed by atoms with E-state index in [4.69, 9.17) is 10.5 Å².